The van der Waals surface area contributed by atoms with Crippen LogP contribution in [-0.4, -0.2) is 48.9 Å². The molecule has 0 heterocycles. The van der Waals surface area contributed by atoms with E-state index in [2.05, 4.69) is 0 Å². The first kappa shape index (κ1) is 17.1. The summed E-state index contributed by atoms with van der Waals surface area (Å²) in [6, 6.07) is 0. The fraction of sp³-hybridized carbons (Fsp3) is 0. The van der Waals surface area contributed by atoms with E-state index < -0.39 is 32.4 Å². The third-order valence-electron chi connectivity index (χ3n) is 0. The van der Waals surface area contributed by atoms with Gasteiger partial charge >= 0.3 is 103 Å². The molecule has 0 rings (SSSR count). The molecule has 9 heavy (non-hydrogen) atoms. The third-order valence-corrected chi connectivity index (χ3v) is 0. The van der Waals surface area contributed by atoms with Gasteiger partial charge in [-0.05, 0) is 0 Å². The second kappa shape index (κ2) is 12.6. The number of rotatable bonds is 0. The van der Waals surface area contributed by atoms with E-state index in [1.165, 1.54) is 0 Å². The molecule has 0 spiro atoms. The van der Waals surface area contributed by atoms with Crippen LogP contribution in [0.2, 0.25) is 0 Å². The molecule has 0 atom stereocenters. The Morgan fingerprint density at radius 1 is 0.778 bits per heavy atom. The molecule has 0 amide bonds. The standard InChI is InChI=1S/Ba.6O.2Ru/q+2;;;;;2*-1;;. The Morgan fingerprint density at radius 3 is 0.778 bits per heavy atom. The quantitative estimate of drug-likeness (QED) is 0.370. The van der Waals surface area contributed by atoms with Crippen LogP contribution in [-0.2, 0) is 46.7 Å². The summed E-state index contributed by atoms with van der Waals surface area (Å²) in [7, 11) is 0. The van der Waals surface area contributed by atoms with Crippen molar-refractivity contribution in [1.82, 2.24) is 0 Å². The fourth-order valence-electron chi connectivity index (χ4n) is 0. The van der Waals surface area contributed by atoms with E-state index in [-0.39, 0.29) is 48.9 Å². The van der Waals surface area contributed by atoms with Crippen molar-refractivity contribution in [2.45, 2.75) is 0 Å². The molecular formula is BaO6Ru2. The summed E-state index contributed by atoms with van der Waals surface area (Å²) in [5.74, 6) is 0. The van der Waals surface area contributed by atoms with E-state index in [0.29, 0.717) is 0 Å². The molecule has 0 unspecified atom stereocenters. The van der Waals surface area contributed by atoms with Crippen molar-refractivity contribution in [3.63, 3.8) is 0 Å². The van der Waals surface area contributed by atoms with Crippen molar-refractivity contribution in [2.75, 3.05) is 0 Å². The number of hydrogen-bond donors (Lipinski definition) is 0. The average molecular weight is 435 g/mol. The van der Waals surface area contributed by atoms with Gasteiger partial charge in [0.1, 0.15) is 0 Å². The fourth-order valence-corrected chi connectivity index (χ4v) is 0. The van der Waals surface area contributed by atoms with E-state index in [1.54, 1.807) is 0 Å². The summed E-state index contributed by atoms with van der Waals surface area (Å²) in [5.41, 5.74) is 0. The minimum atomic E-state index is -3.92. The molecule has 0 aliphatic rings. The summed E-state index contributed by atoms with van der Waals surface area (Å²) in [4.78, 5) is 0. The van der Waals surface area contributed by atoms with Gasteiger partial charge in [-0.2, -0.15) is 0 Å². The summed E-state index contributed by atoms with van der Waals surface area (Å²) in [6.07, 6.45) is 0. The Kier molecular flexibility index (Phi) is 24.0. The zero-order valence-corrected chi connectivity index (χ0v) is 11.8. The van der Waals surface area contributed by atoms with Crippen molar-refractivity contribution in [1.29, 1.82) is 0 Å². The Labute approximate surface area is 101 Å². The van der Waals surface area contributed by atoms with Gasteiger partial charge in [0, 0.05) is 0 Å². The first-order valence-corrected chi connectivity index (χ1v) is 5.12. The van der Waals surface area contributed by atoms with Crippen LogP contribution in [0.25, 0.3) is 0 Å². The monoisotopic (exact) mass is 438 g/mol. The predicted molar refractivity (Wildman–Crippen MR) is 8.50 cm³/mol. The van der Waals surface area contributed by atoms with Gasteiger partial charge in [0.15, 0.2) is 0 Å². The van der Waals surface area contributed by atoms with Gasteiger partial charge in [-0.25, -0.2) is 0 Å². The normalized spacial score (nSPS) is 7.56. The van der Waals surface area contributed by atoms with Crippen LogP contribution in [0.15, 0.2) is 0 Å². The van der Waals surface area contributed by atoms with Crippen LogP contribution in [0.5, 0.6) is 0 Å². The molecule has 0 aromatic heterocycles. The molecule has 0 aliphatic carbocycles. The molecule has 54 valence electrons. The van der Waals surface area contributed by atoms with Gasteiger partial charge in [0.25, 0.3) is 0 Å². The Balaban J connectivity index is -0.0000000720. The van der Waals surface area contributed by atoms with Crippen molar-refractivity contribution in [2.24, 2.45) is 0 Å². The first-order chi connectivity index (χ1) is 3.46. The van der Waals surface area contributed by atoms with Gasteiger partial charge in [0.05, 0.1) is 0 Å². The summed E-state index contributed by atoms with van der Waals surface area (Å²) in [6.45, 7) is 0. The van der Waals surface area contributed by atoms with Crippen LogP contribution in [0.3, 0.4) is 0 Å². The van der Waals surface area contributed by atoms with Crippen LogP contribution >= 0.6 is 0 Å². The zero-order valence-electron chi connectivity index (χ0n) is 3.86. The topological polar surface area (TPSA) is 114 Å². The van der Waals surface area contributed by atoms with Crippen molar-refractivity contribution in [3.8, 4) is 0 Å². The molecule has 0 aliphatic heterocycles. The Bertz CT molecular complexity index is 128. The van der Waals surface area contributed by atoms with Gasteiger partial charge in [-0.15, -0.1) is 0 Å². The van der Waals surface area contributed by atoms with Crippen LogP contribution in [0, 0.1) is 0 Å². The molecule has 6 nitrogen and oxygen atoms in total. The van der Waals surface area contributed by atoms with Crippen molar-refractivity contribution >= 4 is 48.9 Å². The summed E-state index contributed by atoms with van der Waals surface area (Å²) in [5, 5.41) is 0. The van der Waals surface area contributed by atoms with E-state index in [0.717, 1.165) is 0 Å². The molecule has 0 saturated heterocycles. The molecule has 0 saturated carbocycles. The molecule has 0 fully saturated rings. The van der Waals surface area contributed by atoms with Crippen LogP contribution < -0.4 is 7.87 Å². The third kappa shape index (κ3) is 167. The van der Waals surface area contributed by atoms with Crippen LogP contribution in [0.4, 0.5) is 0 Å². The SMILES string of the molecule is [Ba+2].[O]=[Ru](=[O])[O-].[O]=[Ru](=[O])[O-]. The predicted octanol–water partition coefficient (Wildman–Crippen LogP) is -3.24. The zero-order chi connectivity index (χ0) is 7.15. The van der Waals surface area contributed by atoms with E-state index in [9.17, 15) is 0 Å². The Morgan fingerprint density at radius 2 is 0.778 bits per heavy atom. The molecule has 0 bridgehead atoms. The summed E-state index contributed by atoms with van der Waals surface area (Å²) < 4.78 is 51.4. The van der Waals surface area contributed by atoms with Gasteiger partial charge in [-0.1, -0.05) is 0 Å². The first-order valence-electron chi connectivity index (χ1n) is 0.866. The summed E-state index contributed by atoms with van der Waals surface area (Å²) >= 11 is -7.84. The van der Waals surface area contributed by atoms with Crippen LogP contribution in [0.1, 0.15) is 0 Å². The Hall–Kier alpha value is 1.94. The van der Waals surface area contributed by atoms with E-state index in [4.69, 9.17) is 22.2 Å². The van der Waals surface area contributed by atoms with Crippen molar-refractivity contribution < 1.29 is 54.6 Å². The van der Waals surface area contributed by atoms with E-state index in [1.807, 2.05) is 0 Å². The van der Waals surface area contributed by atoms with Gasteiger partial charge in [-0.3, -0.25) is 0 Å². The molecule has 0 aromatic carbocycles. The maximum absolute atomic E-state index is 8.56. The van der Waals surface area contributed by atoms with Gasteiger partial charge < -0.3 is 0 Å². The molecule has 9 heteroatoms. The van der Waals surface area contributed by atoms with E-state index >= 15 is 0 Å². The molecule has 0 radical (unpaired) electrons. The molecule has 0 N–H and O–H groups in total. The second-order valence-corrected chi connectivity index (χ2v) is 2.09. The van der Waals surface area contributed by atoms with Crippen molar-refractivity contribution in [3.05, 3.63) is 0 Å². The van der Waals surface area contributed by atoms with Gasteiger partial charge in [0.2, 0.25) is 0 Å². The minimum absolute atomic E-state index is 0. The average Bonchev–Trinajstić information content (AvgIpc) is 1.25. The molecular weight excluding hydrogens is 435 g/mol. The number of hydrogen-bond acceptors (Lipinski definition) is 6. The second-order valence-electron chi connectivity index (χ2n) is 0.354. The molecule has 0 aromatic rings. The maximum atomic E-state index is 8.56.